The van der Waals surface area contributed by atoms with Crippen LogP contribution in [0.3, 0.4) is 0 Å². The van der Waals surface area contributed by atoms with E-state index in [0.717, 1.165) is 10.4 Å². The standard InChI is InChI=1S/C14H16N4OS/c1-18-7-8-20-14(18)16-13(19)11-9-15-17-12(11)10-5-3-2-4-6-10/h2-8,11-12,15,17H,9H2,1H3. The van der Waals surface area contributed by atoms with Crippen molar-refractivity contribution in [2.45, 2.75) is 6.04 Å². The molecule has 1 aliphatic rings. The molecular formula is C14H16N4OS. The highest BCUT2D eigenvalue weighted by Crippen LogP contribution is 2.25. The molecule has 5 nitrogen and oxygen atoms in total. The Kier molecular flexibility index (Phi) is 3.77. The zero-order valence-electron chi connectivity index (χ0n) is 11.1. The molecule has 1 aromatic carbocycles. The number of aromatic nitrogens is 1. The van der Waals surface area contributed by atoms with Crippen molar-refractivity contribution >= 4 is 17.2 Å². The topological polar surface area (TPSA) is 58.4 Å². The minimum Gasteiger partial charge on any atom is -0.327 e. The molecule has 0 bridgehead atoms. The van der Waals surface area contributed by atoms with E-state index in [-0.39, 0.29) is 17.9 Å². The molecule has 2 unspecified atom stereocenters. The maximum absolute atomic E-state index is 12.4. The predicted octanol–water partition coefficient (Wildman–Crippen LogP) is 0.979. The number of hydrogen-bond donors (Lipinski definition) is 2. The van der Waals surface area contributed by atoms with E-state index < -0.39 is 0 Å². The minimum atomic E-state index is -0.181. The summed E-state index contributed by atoms with van der Waals surface area (Å²) in [5, 5.41) is 1.92. The summed E-state index contributed by atoms with van der Waals surface area (Å²) in [5.74, 6) is -0.270. The summed E-state index contributed by atoms with van der Waals surface area (Å²) in [6, 6.07) is 9.95. The van der Waals surface area contributed by atoms with Crippen LogP contribution in [-0.4, -0.2) is 17.0 Å². The number of carbonyl (C=O) groups excluding carboxylic acids is 1. The molecular weight excluding hydrogens is 272 g/mol. The lowest BCUT2D eigenvalue weighted by Gasteiger charge is -2.15. The van der Waals surface area contributed by atoms with Crippen molar-refractivity contribution in [3.8, 4) is 0 Å². The van der Waals surface area contributed by atoms with Crippen molar-refractivity contribution in [1.29, 1.82) is 0 Å². The van der Waals surface area contributed by atoms with Crippen molar-refractivity contribution in [1.82, 2.24) is 15.4 Å². The molecule has 2 atom stereocenters. The number of aryl methyl sites for hydroxylation is 1. The first-order chi connectivity index (χ1) is 9.75. The predicted molar refractivity (Wildman–Crippen MR) is 77.7 cm³/mol. The van der Waals surface area contributed by atoms with Gasteiger partial charge in [-0.3, -0.25) is 10.2 Å². The second kappa shape index (κ2) is 5.70. The molecule has 20 heavy (non-hydrogen) atoms. The van der Waals surface area contributed by atoms with Crippen molar-refractivity contribution in [2.24, 2.45) is 18.0 Å². The summed E-state index contributed by atoms with van der Waals surface area (Å²) >= 11 is 1.47. The van der Waals surface area contributed by atoms with Gasteiger partial charge >= 0.3 is 0 Å². The van der Waals surface area contributed by atoms with Crippen molar-refractivity contribution in [3.05, 3.63) is 52.3 Å². The molecule has 1 amide bonds. The third-order valence-electron chi connectivity index (χ3n) is 3.42. The molecule has 1 fully saturated rings. The van der Waals surface area contributed by atoms with E-state index in [1.54, 1.807) is 0 Å². The Bertz CT molecular complexity index is 661. The fraction of sp³-hybridized carbons (Fsp3) is 0.286. The lowest BCUT2D eigenvalue weighted by molar-refractivity contribution is -0.121. The molecule has 0 spiro atoms. The SMILES string of the molecule is Cn1ccsc1=NC(=O)C1CNNC1c1ccccc1. The maximum atomic E-state index is 12.4. The zero-order chi connectivity index (χ0) is 13.9. The van der Waals surface area contributed by atoms with E-state index in [4.69, 9.17) is 0 Å². The molecule has 1 aliphatic heterocycles. The van der Waals surface area contributed by atoms with Gasteiger partial charge in [-0.25, -0.2) is 5.43 Å². The Hall–Kier alpha value is -1.76. The number of benzene rings is 1. The number of thiazole rings is 1. The quantitative estimate of drug-likeness (QED) is 0.866. The highest BCUT2D eigenvalue weighted by molar-refractivity contribution is 7.07. The molecule has 1 aromatic heterocycles. The monoisotopic (exact) mass is 288 g/mol. The van der Waals surface area contributed by atoms with Crippen LogP contribution in [0, 0.1) is 5.92 Å². The maximum Gasteiger partial charge on any atom is 0.254 e. The van der Waals surface area contributed by atoms with E-state index in [0.29, 0.717) is 6.54 Å². The lowest BCUT2D eigenvalue weighted by atomic mass is 9.94. The van der Waals surface area contributed by atoms with Crippen LogP contribution in [0.25, 0.3) is 0 Å². The number of nitrogens with one attached hydrogen (secondary N) is 2. The number of carbonyl (C=O) groups is 1. The fourth-order valence-electron chi connectivity index (χ4n) is 2.32. The van der Waals surface area contributed by atoms with E-state index in [9.17, 15) is 4.79 Å². The van der Waals surface area contributed by atoms with Gasteiger partial charge in [-0.1, -0.05) is 30.3 Å². The smallest absolute Gasteiger partial charge is 0.254 e. The summed E-state index contributed by atoms with van der Waals surface area (Å²) in [6.07, 6.45) is 1.90. The first-order valence-electron chi connectivity index (χ1n) is 6.48. The molecule has 2 aromatic rings. The second-order valence-electron chi connectivity index (χ2n) is 4.77. The normalized spacial score (nSPS) is 23.1. The number of rotatable bonds is 2. The fourth-order valence-corrected chi connectivity index (χ4v) is 3.05. The van der Waals surface area contributed by atoms with Crippen molar-refractivity contribution in [3.63, 3.8) is 0 Å². The molecule has 6 heteroatoms. The second-order valence-corrected chi connectivity index (χ2v) is 5.64. The van der Waals surface area contributed by atoms with Gasteiger partial charge in [0.2, 0.25) is 0 Å². The van der Waals surface area contributed by atoms with Gasteiger partial charge in [-0.15, -0.1) is 11.3 Å². The van der Waals surface area contributed by atoms with Crippen LogP contribution in [0.1, 0.15) is 11.6 Å². The van der Waals surface area contributed by atoms with Crippen LogP contribution in [0.5, 0.6) is 0 Å². The van der Waals surface area contributed by atoms with E-state index >= 15 is 0 Å². The van der Waals surface area contributed by atoms with Crippen LogP contribution in [0.2, 0.25) is 0 Å². The van der Waals surface area contributed by atoms with E-state index in [1.807, 2.05) is 53.5 Å². The van der Waals surface area contributed by atoms with Gasteiger partial charge in [0.15, 0.2) is 4.80 Å². The number of hydrogen-bond acceptors (Lipinski definition) is 4. The number of amides is 1. The number of nitrogens with zero attached hydrogens (tertiary/aromatic N) is 2. The Morgan fingerprint density at radius 3 is 2.90 bits per heavy atom. The Morgan fingerprint density at radius 1 is 1.40 bits per heavy atom. The van der Waals surface area contributed by atoms with Crippen molar-refractivity contribution < 1.29 is 4.79 Å². The van der Waals surface area contributed by atoms with Gasteiger partial charge in [0.25, 0.3) is 5.91 Å². The Morgan fingerprint density at radius 2 is 2.20 bits per heavy atom. The summed E-state index contributed by atoms with van der Waals surface area (Å²) in [7, 11) is 1.89. The highest BCUT2D eigenvalue weighted by atomic mass is 32.1. The molecule has 0 aliphatic carbocycles. The van der Waals surface area contributed by atoms with Gasteiger partial charge in [-0.05, 0) is 5.56 Å². The highest BCUT2D eigenvalue weighted by Gasteiger charge is 2.33. The molecule has 104 valence electrons. The molecule has 0 radical (unpaired) electrons. The molecule has 1 saturated heterocycles. The first-order valence-corrected chi connectivity index (χ1v) is 7.36. The largest absolute Gasteiger partial charge is 0.327 e. The summed E-state index contributed by atoms with van der Waals surface area (Å²) in [6.45, 7) is 0.594. The molecule has 2 heterocycles. The Labute approximate surface area is 121 Å². The van der Waals surface area contributed by atoms with Crippen LogP contribution >= 0.6 is 11.3 Å². The average molecular weight is 288 g/mol. The van der Waals surface area contributed by atoms with Crippen LogP contribution in [0.4, 0.5) is 0 Å². The summed E-state index contributed by atoms with van der Waals surface area (Å²) < 4.78 is 1.86. The average Bonchev–Trinajstić information content (AvgIpc) is 3.09. The van der Waals surface area contributed by atoms with Crippen LogP contribution < -0.4 is 15.7 Å². The van der Waals surface area contributed by atoms with E-state index in [2.05, 4.69) is 15.8 Å². The minimum absolute atomic E-state index is 0.0299. The van der Waals surface area contributed by atoms with Crippen LogP contribution in [0.15, 0.2) is 46.9 Å². The summed E-state index contributed by atoms with van der Waals surface area (Å²) in [4.78, 5) is 17.4. The summed E-state index contributed by atoms with van der Waals surface area (Å²) in [5.41, 5.74) is 7.32. The van der Waals surface area contributed by atoms with Gasteiger partial charge < -0.3 is 4.57 Å². The van der Waals surface area contributed by atoms with Crippen molar-refractivity contribution in [2.75, 3.05) is 6.54 Å². The van der Waals surface area contributed by atoms with Gasteiger partial charge in [0, 0.05) is 25.2 Å². The number of hydrazine groups is 1. The lowest BCUT2D eigenvalue weighted by Crippen LogP contribution is -2.26. The van der Waals surface area contributed by atoms with Gasteiger partial charge in [-0.2, -0.15) is 4.99 Å². The van der Waals surface area contributed by atoms with E-state index in [1.165, 1.54) is 11.3 Å². The molecule has 2 N–H and O–H groups in total. The van der Waals surface area contributed by atoms with Crippen LogP contribution in [-0.2, 0) is 11.8 Å². The first kappa shape index (κ1) is 13.2. The van der Waals surface area contributed by atoms with Gasteiger partial charge in [0.05, 0.1) is 12.0 Å². The zero-order valence-corrected chi connectivity index (χ0v) is 11.9. The molecule has 0 saturated carbocycles. The Balaban J connectivity index is 1.86. The third kappa shape index (κ3) is 2.58. The van der Waals surface area contributed by atoms with Gasteiger partial charge in [0.1, 0.15) is 0 Å². The third-order valence-corrected chi connectivity index (χ3v) is 4.27. The molecule has 3 rings (SSSR count).